The molecule has 2 aliphatic rings. The second kappa shape index (κ2) is 15.2. The molecule has 4 heteroatoms. The second-order valence-electron chi connectivity index (χ2n) is 16.2. The summed E-state index contributed by atoms with van der Waals surface area (Å²) in [7, 11) is -4.12. The average molecular weight is 839 g/mol. The van der Waals surface area contributed by atoms with Gasteiger partial charge in [-0.25, -0.2) is 0 Å². The van der Waals surface area contributed by atoms with Crippen LogP contribution in [0.25, 0.3) is 33.0 Å². The largest absolute Gasteiger partial charge is 0.310 e. The lowest BCUT2D eigenvalue weighted by atomic mass is 10.0. The van der Waals surface area contributed by atoms with Gasteiger partial charge in [-0.1, -0.05) is 222 Å². The van der Waals surface area contributed by atoms with Crippen molar-refractivity contribution < 1.29 is 0 Å². The predicted octanol–water partition coefficient (Wildman–Crippen LogP) is 10.3. The van der Waals surface area contributed by atoms with Crippen LogP contribution in [0.1, 0.15) is 0 Å². The van der Waals surface area contributed by atoms with Crippen LogP contribution in [0.3, 0.4) is 0 Å². The van der Waals surface area contributed by atoms with E-state index in [1.54, 1.807) is 5.19 Å². The van der Waals surface area contributed by atoms with Crippen molar-refractivity contribution in [2.75, 3.05) is 4.90 Å². The van der Waals surface area contributed by atoms with E-state index in [1.165, 1.54) is 73.9 Å². The number of fused-ring (bicyclic) bond motifs is 9. The molecule has 0 fully saturated rings. The summed E-state index contributed by atoms with van der Waals surface area (Å²) < 4.78 is 0. The Hall–Kier alpha value is -6.96. The standard InChI is InChI=1S/C58H40NSSi2/c1-3-17-41(18-4-1)42-33-36-46(37-34-42)59(50-26-16-20-43-19-7-8-25-49(43)50)47-22-15-21-44(39-47)45-35-38-58-54(40-45)61(48-23-5-2-6-24-48)53-29-11-14-32-57(53)62(58)55-30-12-9-27-51(55)60-52-28-10-13-31-56(52)62/h1-40H. The van der Waals surface area contributed by atoms with Crippen LogP contribution in [0.15, 0.2) is 252 Å². The van der Waals surface area contributed by atoms with Crippen LogP contribution in [0.2, 0.25) is 0 Å². The number of hydrogen-bond acceptors (Lipinski definition) is 2. The highest BCUT2D eigenvalue weighted by molar-refractivity contribution is 8.00. The molecule has 0 saturated carbocycles. The summed E-state index contributed by atoms with van der Waals surface area (Å²) in [5, 5.41) is 13.0. The van der Waals surface area contributed by atoms with Gasteiger partial charge in [0, 0.05) is 26.6 Å². The highest BCUT2D eigenvalue weighted by atomic mass is 32.2. The zero-order valence-corrected chi connectivity index (χ0v) is 36.8. The molecule has 2 heterocycles. The van der Waals surface area contributed by atoms with Crippen molar-refractivity contribution in [1.29, 1.82) is 0 Å². The molecule has 0 atom stereocenters. The average Bonchev–Trinajstić information content (AvgIpc) is 3.35. The molecule has 0 N–H and O–H groups in total. The van der Waals surface area contributed by atoms with Crippen molar-refractivity contribution in [3.05, 3.63) is 243 Å². The zero-order chi connectivity index (χ0) is 41.0. The first-order chi connectivity index (χ1) is 30.8. The van der Waals surface area contributed by atoms with E-state index in [-0.39, 0.29) is 0 Å². The van der Waals surface area contributed by atoms with Gasteiger partial charge in [0.1, 0.15) is 0 Å². The Morgan fingerprint density at radius 2 is 0.903 bits per heavy atom. The van der Waals surface area contributed by atoms with E-state index in [1.807, 2.05) is 11.8 Å². The second-order valence-corrected chi connectivity index (χ2v) is 23.3. The smallest absolute Gasteiger partial charge is 0.181 e. The normalized spacial score (nSPS) is 13.5. The lowest BCUT2D eigenvalue weighted by Crippen LogP contribution is -2.87. The van der Waals surface area contributed by atoms with Crippen LogP contribution in [-0.2, 0) is 0 Å². The summed E-state index contributed by atoms with van der Waals surface area (Å²) >= 11 is 1.94. The van der Waals surface area contributed by atoms with Crippen molar-refractivity contribution in [3.8, 4) is 22.3 Å². The molecule has 62 heavy (non-hydrogen) atoms. The Morgan fingerprint density at radius 3 is 1.68 bits per heavy atom. The summed E-state index contributed by atoms with van der Waals surface area (Å²) in [6.07, 6.45) is 0. The predicted molar refractivity (Wildman–Crippen MR) is 268 cm³/mol. The van der Waals surface area contributed by atoms with Gasteiger partial charge in [0.15, 0.2) is 16.9 Å². The van der Waals surface area contributed by atoms with E-state index in [9.17, 15) is 0 Å². The quantitative estimate of drug-likeness (QED) is 0.154. The molecule has 0 amide bonds. The first-order valence-corrected chi connectivity index (χ1v) is 25.7. The summed E-state index contributed by atoms with van der Waals surface area (Å²) in [5.74, 6) is 0. The third-order valence-electron chi connectivity index (χ3n) is 12.8. The van der Waals surface area contributed by atoms with E-state index in [0.717, 1.165) is 17.1 Å². The van der Waals surface area contributed by atoms with Crippen LogP contribution < -0.4 is 41.2 Å². The monoisotopic (exact) mass is 838 g/mol. The maximum atomic E-state index is 2.59. The van der Waals surface area contributed by atoms with Crippen molar-refractivity contribution in [1.82, 2.24) is 0 Å². The Bertz CT molecular complexity index is 3240. The third-order valence-corrected chi connectivity index (χ3v) is 22.7. The van der Waals surface area contributed by atoms with Gasteiger partial charge in [0.05, 0.1) is 5.69 Å². The molecule has 291 valence electrons. The third kappa shape index (κ3) is 5.90. The van der Waals surface area contributed by atoms with Gasteiger partial charge < -0.3 is 4.90 Å². The summed E-state index contributed by atoms with van der Waals surface area (Å²) in [6.45, 7) is 0. The fourth-order valence-corrected chi connectivity index (χ4v) is 21.8. The van der Waals surface area contributed by atoms with Crippen LogP contribution in [-0.4, -0.2) is 16.9 Å². The van der Waals surface area contributed by atoms with Crippen LogP contribution in [0, 0.1) is 0 Å². The molecule has 0 aliphatic carbocycles. The Labute approximate surface area is 370 Å². The summed E-state index contributed by atoms with van der Waals surface area (Å²) in [4.78, 5) is 5.21. The van der Waals surface area contributed by atoms with E-state index in [4.69, 9.17) is 0 Å². The number of anilines is 3. The maximum absolute atomic E-state index is 2.73. The van der Waals surface area contributed by atoms with Crippen LogP contribution >= 0.6 is 11.8 Å². The van der Waals surface area contributed by atoms with E-state index in [2.05, 4.69) is 248 Å². The first kappa shape index (κ1) is 36.9. The molecular formula is C58H40NSSi2. The molecule has 0 unspecified atom stereocenters. The first-order valence-electron chi connectivity index (χ1n) is 21.3. The van der Waals surface area contributed by atoms with Gasteiger partial charge in [0.25, 0.3) is 0 Å². The topological polar surface area (TPSA) is 3.24 Å². The minimum absolute atomic E-state index is 1.12. The van der Waals surface area contributed by atoms with E-state index >= 15 is 0 Å². The Morgan fingerprint density at radius 1 is 0.355 bits per heavy atom. The van der Waals surface area contributed by atoms with Gasteiger partial charge in [-0.2, -0.15) is 0 Å². The van der Waals surface area contributed by atoms with Crippen LogP contribution in [0.4, 0.5) is 17.1 Å². The SMILES string of the molecule is c1ccc(-c2ccc(N(c3cccc(-c4ccc5c(c4)[Si](c4ccccc4)c4ccccc4[Si]54c5ccccc5Sc5ccccc54)c3)c3cccc4ccccc34)cc2)cc1. The van der Waals surface area contributed by atoms with E-state index in [0.29, 0.717) is 0 Å². The van der Waals surface area contributed by atoms with Gasteiger partial charge in [-0.05, 0) is 96.0 Å². The van der Waals surface area contributed by atoms with Crippen molar-refractivity contribution in [2.24, 2.45) is 0 Å². The van der Waals surface area contributed by atoms with Gasteiger partial charge in [-0.3, -0.25) is 0 Å². The highest BCUT2D eigenvalue weighted by Crippen LogP contribution is 2.41. The number of rotatable bonds is 6. The Balaban J connectivity index is 1.07. The van der Waals surface area contributed by atoms with Gasteiger partial charge >= 0.3 is 0 Å². The molecule has 0 saturated heterocycles. The number of hydrogen-bond donors (Lipinski definition) is 0. The van der Waals surface area contributed by atoms with Crippen molar-refractivity contribution >= 4 is 92.8 Å². The fourth-order valence-electron chi connectivity index (χ4n) is 10.2. The fraction of sp³-hybridized carbons (Fsp3) is 0. The molecular weight excluding hydrogens is 799 g/mol. The van der Waals surface area contributed by atoms with Gasteiger partial charge in [-0.15, -0.1) is 0 Å². The summed E-state index contributed by atoms with van der Waals surface area (Å²) in [6, 6.07) is 91.2. The minimum Gasteiger partial charge on any atom is -0.310 e. The van der Waals surface area contributed by atoms with Crippen molar-refractivity contribution in [2.45, 2.75) is 9.79 Å². The number of nitrogens with zero attached hydrogens (tertiary/aromatic N) is 1. The summed E-state index contributed by atoms with van der Waals surface area (Å²) in [5.41, 5.74) is 8.28. The zero-order valence-electron chi connectivity index (χ0n) is 33.9. The van der Waals surface area contributed by atoms with Crippen LogP contribution in [0.5, 0.6) is 0 Å². The molecule has 2 aliphatic heterocycles. The Kier molecular flexibility index (Phi) is 9.03. The minimum atomic E-state index is -2.73. The molecule has 10 aromatic rings. The lowest BCUT2D eigenvalue weighted by Gasteiger charge is -2.46. The number of benzene rings is 10. The molecule has 1 radical (unpaired) electrons. The van der Waals surface area contributed by atoms with Gasteiger partial charge in [0.2, 0.25) is 0 Å². The lowest BCUT2D eigenvalue weighted by molar-refractivity contribution is 1.30. The molecule has 0 aromatic heterocycles. The molecule has 12 rings (SSSR count). The van der Waals surface area contributed by atoms with Crippen molar-refractivity contribution in [3.63, 3.8) is 0 Å². The molecule has 10 aromatic carbocycles. The molecule has 0 bridgehead atoms. The molecule has 1 spiro atoms. The maximum Gasteiger partial charge on any atom is 0.181 e. The highest BCUT2D eigenvalue weighted by Gasteiger charge is 2.53. The molecule has 1 nitrogen and oxygen atoms in total. The van der Waals surface area contributed by atoms with E-state index < -0.39 is 16.9 Å².